The van der Waals surface area contributed by atoms with E-state index in [1.54, 1.807) is 7.11 Å². The molecule has 3 fully saturated rings. The standard InChI is InChI=1S/C23H37N3O4/c1-28-22-6-5-19(14-25-15-20(16-25)26-7-3-2-4-8-26)13-23(22)30-18-21(27)17-24-9-11-29-12-10-24/h5-6,13,20-21,27H,2-4,7-12,14-18H2,1H3. The summed E-state index contributed by atoms with van der Waals surface area (Å²) in [5, 5.41) is 10.4. The Labute approximate surface area is 180 Å². The molecule has 7 heteroatoms. The van der Waals surface area contributed by atoms with Gasteiger partial charge in [-0.3, -0.25) is 14.7 Å². The summed E-state index contributed by atoms with van der Waals surface area (Å²) in [6, 6.07) is 6.88. The molecule has 0 bridgehead atoms. The van der Waals surface area contributed by atoms with Crippen LogP contribution in [0.2, 0.25) is 0 Å². The lowest BCUT2D eigenvalue weighted by Gasteiger charge is -2.46. The molecular weight excluding hydrogens is 382 g/mol. The fourth-order valence-corrected chi connectivity index (χ4v) is 4.70. The van der Waals surface area contributed by atoms with E-state index in [2.05, 4.69) is 26.8 Å². The van der Waals surface area contributed by atoms with Gasteiger partial charge in [0.05, 0.1) is 20.3 Å². The summed E-state index contributed by atoms with van der Waals surface area (Å²) >= 11 is 0. The zero-order chi connectivity index (χ0) is 20.8. The third-order valence-electron chi connectivity index (χ3n) is 6.48. The van der Waals surface area contributed by atoms with Gasteiger partial charge in [-0.05, 0) is 43.6 Å². The van der Waals surface area contributed by atoms with Crippen molar-refractivity contribution in [3.05, 3.63) is 23.8 Å². The molecule has 3 heterocycles. The average molecular weight is 420 g/mol. The number of methoxy groups -OCH3 is 1. The molecule has 3 aliphatic heterocycles. The first-order valence-corrected chi connectivity index (χ1v) is 11.5. The number of hydrogen-bond donors (Lipinski definition) is 1. The van der Waals surface area contributed by atoms with Gasteiger partial charge >= 0.3 is 0 Å². The quantitative estimate of drug-likeness (QED) is 0.650. The zero-order valence-corrected chi connectivity index (χ0v) is 18.3. The number of β-amino-alcohol motifs (C(OH)–C–C–N with tert-alkyl or cyclic N) is 1. The zero-order valence-electron chi connectivity index (χ0n) is 18.3. The fraction of sp³-hybridized carbons (Fsp3) is 0.739. The maximum absolute atomic E-state index is 10.4. The number of benzene rings is 1. The van der Waals surface area contributed by atoms with E-state index in [4.69, 9.17) is 14.2 Å². The molecule has 4 rings (SSSR count). The van der Waals surface area contributed by atoms with Crippen molar-refractivity contribution in [2.75, 3.05) is 72.7 Å². The summed E-state index contributed by atoms with van der Waals surface area (Å²) < 4.78 is 16.8. The number of aliphatic hydroxyl groups excluding tert-OH is 1. The molecule has 30 heavy (non-hydrogen) atoms. The summed E-state index contributed by atoms with van der Waals surface area (Å²) in [4.78, 5) is 7.38. The number of nitrogens with zero attached hydrogens (tertiary/aromatic N) is 3. The predicted octanol–water partition coefficient (Wildman–Crippen LogP) is 1.44. The van der Waals surface area contributed by atoms with Crippen LogP contribution in [0.4, 0.5) is 0 Å². The molecule has 0 amide bonds. The SMILES string of the molecule is COc1ccc(CN2CC(N3CCCCC3)C2)cc1OCC(O)CN1CCOCC1. The van der Waals surface area contributed by atoms with Gasteiger partial charge in [0.1, 0.15) is 12.7 Å². The van der Waals surface area contributed by atoms with E-state index in [0.717, 1.165) is 52.0 Å². The van der Waals surface area contributed by atoms with Crippen molar-refractivity contribution in [3.63, 3.8) is 0 Å². The minimum Gasteiger partial charge on any atom is -0.493 e. The normalized spacial score (nSPS) is 23.1. The first kappa shape index (κ1) is 21.8. The Balaban J connectivity index is 1.25. The van der Waals surface area contributed by atoms with E-state index < -0.39 is 6.10 Å². The second kappa shape index (κ2) is 10.8. The highest BCUT2D eigenvalue weighted by Gasteiger charge is 2.32. The second-order valence-corrected chi connectivity index (χ2v) is 8.81. The van der Waals surface area contributed by atoms with Crippen molar-refractivity contribution in [2.24, 2.45) is 0 Å². The summed E-state index contributed by atoms with van der Waals surface area (Å²) in [5.74, 6) is 1.43. The van der Waals surface area contributed by atoms with Gasteiger partial charge in [0.2, 0.25) is 0 Å². The highest BCUT2D eigenvalue weighted by atomic mass is 16.5. The molecule has 7 nitrogen and oxygen atoms in total. The van der Waals surface area contributed by atoms with Crippen LogP contribution in [0.3, 0.4) is 0 Å². The predicted molar refractivity (Wildman–Crippen MR) is 116 cm³/mol. The molecule has 0 saturated carbocycles. The molecule has 1 aromatic rings. The molecule has 1 N–H and O–H groups in total. The van der Waals surface area contributed by atoms with Gasteiger partial charge in [0, 0.05) is 45.3 Å². The van der Waals surface area contributed by atoms with Crippen molar-refractivity contribution in [2.45, 2.75) is 38.0 Å². The topological polar surface area (TPSA) is 57.6 Å². The molecule has 1 atom stereocenters. The third kappa shape index (κ3) is 5.86. The second-order valence-electron chi connectivity index (χ2n) is 8.81. The van der Waals surface area contributed by atoms with Gasteiger partial charge < -0.3 is 19.3 Å². The number of hydrogen-bond acceptors (Lipinski definition) is 7. The van der Waals surface area contributed by atoms with Crippen LogP contribution in [-0.2, 0) is 11.3 Å². The largest absolute Gasteiger partial charge is 0.493 e. The summed E-state index contributed by atoms with van der Waals surface area (Å²) in [6.45, 7) is 9.85. The van der Waals surface area contributed by atoms with E-state index in [-0.39, 0.29) is 6.61 Å². The Bertz CT molecular complexity index is 656. The van der Waals surface area contributed by atoms with Gasteiger partial charge in [0.15, 0.2) is 11.5 Å². The molecule has 0 aliphatic carbocycles. The lowest BCUT2D eigenvalue weighted by Crippen LogP contribution is -2.59. The van der Waals surface area contributed by atoms with Crippen molar-refractivity contribution in [1.29, 1.82) is 0 Å². The molecule has 168 valence electrons. The van der Waals surface area contributed by atoms with Crippen LogP contribution in [0.5, 0.6) is 11.5 Å². The van der Waals surface area contributed by atoms with Crippen molar-refractivity contribution in [1.82, 2.24) is 14.7 Å². The minimum absolute atomic E-state index is 0.262. The van der Waals surface area contributed by atoms with Crippen molar-refractivity contribution in [3.8, 4) is 11.5 Å². The molecule has 0 aromatic heterocycles. The van der Waals surface area contributed by atoms with Crippen LogP contribution >= 0.6 is 0 Å². The third-order valence-corrected chi connectivity index (χ3v) is 6.48. The fourth-order valence-electron chi connectivity index (χ4n) is 4.70. The van der Waals surface area contributed by atoms with Crippen molar-refractivity contribution >= 4 is 0 Å². The van der Waals surface area contributed by atoms with Gasteiger partial charge in [-0.1, -0.05) is 12.5 Å². The van der Waals surface area contributed by atoms with E-state index in [0.29, 0.717) is 18.0 Å². The molecule has 1 unspecified atom stereocenters. The monoisotopic (exact) mass is 419 g/mol. The number of likely N-dealkylation sites (tertiary alicyclic amines) is 2. The Morgan fingerprint density at radius 3 is 2.53 bits per heavy atom. The van der Waals surface area contributed by atoms with Crippen LogP contribution in [0.1, 0.15) is 24.8 Å². The minimum atomic E-state index is -0.530. The highest BCUT2D eigenvalue weighted by Crippen LogP contribution is 2.30. The summed E-state index contributed by atoms with van der Waals surface area (Å²) in [5.41, 5.74) is 1.23. The lowest BCUT2D eigenvalue weighted by molar-refractivity contribution is 0.00438. The Kier molecular flexibility index (Phi) is 7.84. The van der Waals surface area contributed by atoms with Crippen LogP contribution in [-0.4, -0.2) is 105 Å². The van der Waals surface area contributed by atoms with Crippen molar-refractivity contribution < 1.29 is 19.3 Å². The Morgan fingerprint density at radius 2 is 1.80 bits per heavy atom. The summed E-state index contributed by atoms with van der Waals surface area (Å²) in [7, 11) is 1.66. The van der Waals surface area contributed by atoms with E-state index >= 15 is 0 Å². The number of aliphatic hydroxyl groups is 1. The number of ether oxygens (including phenoxy) is 3. The molecule has 3 saturated heterocycles. The maximum Gasteiger partial charge on any atom is 0.161 e. The number of morpholine rings is 1. The van der Waals surface area contributed by atoms with E-state index in [1.807, 2.05) is 6.07 Å². The Morgan fingerprint density at radius 1 is 1.03 bits per heavy atom. The first-order chi connectivity index (χ1) is 14.7. The van der Waals surface area contributed by atoms with Gasteiger partial charge in [-0.25, -0.2) is 0 Å². The number of rotatable bonds is 9. The van der Waals surface area contributed by atoms with Gasteiger partial charge in [-0.2, -0.15) is 0 Å². The molecular formula is C23H37N3O4. The molecule has 0 radical (unpaired) electrons. The summed E-state index contributed by atoms with van der Waals surface area (Å²) in [6.07, 6.45) is 3.57. The smallest absolute Gasteiger partial charge is 0.161 e. The molecule has 1 aromatic carbocycles. The van der Waals surface area contributed by atoms with Crippen LogP contribution in [0.25, 0.3) is 0 Å². The van der Waals surface area contributed by atoms with Crippen LogP contribution in [0, 0.1) is 0 Å². The lowest BCUT2D eigenvalue weighted by atomic mass is 10.0. The van der Waals surface area contributed by atoms with Crippen LogP contribution in [0.15, 0.2) is 18.2 Å². The van der Waals surface area contributed by atoms with E-state index in [9.17, 15) is 5.11 Å². The van der Waals surface area contributed by atoms with Gasteiger partial charge in [-0.15, -0.1) is 0 Å². The first-order valence-electron chi connectivity index (χ1n) is 11.5. The maximum atomic E-state index is 10.4. The van der Waals surface area contributed by atoms with E-state index in [1.165, 1.54) is 37.9 Å². The molecule has 0 spiro atoms. The number of piperidine rings is 1. The Hall–Kier alpha value is -1.38. The van der Waals surface area contributed by atoms with Crippen LogP contribution < -0.4 is 9.47 Å². The average Bonchev–Trinajstić information content (AvgIpc) is 2.76. The highest BCUT2D eigenvalue weighted by molar-refractivity contribution is 5.43. The van der Waals surface area contributed by atoms with Gasteiger partial charge in [0.25, 0.3) is 0 Å². The molecule has 3 aliphatic rings.